The maximum atomic E-state index is 8.54. The Morgan fingerprint density at radius 2 is 2.21 bits per heavy atom. The monoisotopic (exact) mass is 254 g/mol. The lowest BCUT2D eigenvalue weighted by molar-refractivity contribution is 0.414. The van der Waals surface area contributed by atoms with Crippen LogP contribution in [0, 0.1) is 11.3 Å². The van der Waals surface area contributed by atoms with Gasteiger partial charge in [-0.15, -0.1) is 0 Å². The van der Waals surface area contributed by atoms with E-state index in [1.165, 1.54) is 6.08 Å². The minimum atomic E-state index is 0.420. The lowest BCUT2D eigenvalue weighted by atomic mass is 10.2. The molecule has 0 spiro atoms. The molecule has 0 radical (unpaired) electrons. The van der Waals surface area contributed by atoms with Gasteiger partial charge in [-0.2, -0.15) is 10.4 Å². The van der Waals surface area contributed by atoms with Crippen LogP contribution in [0.15, 0.2) is 42.7 Å². The number of allylic oxidation sites excluding steroid dienone is 1. The average Bonchev–Trinajstić information content (AvgIpc) is 2.88. The summed E-state index contributed by atoms with van der Waals surface area (Å²) in [4.78, 5) is 0. The highest BCUT2D eigenvalue weighted by atomic mass is 16.5. The Morgan fingerprint density at radius 1 is 1.47 bits per heavy atom. The first-order valence-electron chi connectivity index (χ1n) is 5.74. The fourth-order valence-corrected chi connectivity index (χ4v) is 1.67. The number of nitrogens with zero attached hydrogens (tertiary/aromatic N) is 3. The molecule has 2 aromatic rings. The van der Waals surface area contributed by atoms with Crippen molar-refractivity contribution in [1.29, 1.82) is 5.26 Å². The van der Waals surface area contributed by atoms with Crippen molar-refractivity contribution in [3.63, 3.8) is 0 Å². The van der Waals surface area contributed by atoms with Gasteiger partial charge in [-0.3, -0.25) is 4.68 Å². The van der Waals surface area contributed by atoms with Crippen molar-refractivity contribution in [2.45, 2.75) is 6.54 Å². The molecule has 0 fully saturated rings. The normalized spacial score (nSPS) is 11.1. The summed E-state index contributed by atoms with van der Waals surface area (Å²) in [6.45, 7) is 0.643. The molecule has 0 bridgehead atoms. The van der Waals surface area contributed by atoms with Gasteiger partial charge in [-0.05, 0) is 17.7 Å². The summed E-state index contributed by atoms with van der Waals surface area (Å²) in [5, 5.41) is 12.8. The Morgan fingerprint density at radius 3 is 2.84 bits per heavy atom. The van der Waals surface area contributed by atoms with E-state index in [2.05, 4.69) is 5.10 Å². The van der Waals surface area contributed by atoms with Crippen molar-refractivity contribution in [1.82, 2.24) is 9.78 Å². The zero-order valence-corrected chi connectivity index (χ0v) is 10.6. The van der Waals surface area contributed by atoms with Crippen LogP contribution in [0.5, 0.6) is 5.75 Å². The summed E-state index contributed by atoms with van der Waals surface area (Å²) in [6, 6.07) is 9.67. The van der Waals surface area contributed by atoms with Crippen molar-refractivity contribution in [3.05, 3.63) is 53.9 Å². The number of nitrogens with two attached hydrogens (primary N) is 1. The van der Waals surface area contributed by atoms with Crippen LogP contribution < -0.4 is 10.5 Å². The van der Waals surface area contributed by atoms with Gasteiger partial charge in [-0.25, -0.2) is 0 Å². The quantitative estimate of drug-likeness (QED) is 0.843. The summed E-state index contributed by atoms with van der Waals surface area (Å²) in [7, 11) is 1.64. The average molecular weight is 254 g/mol. The molecule has 0 aliphatic heterocycles. The number of hydrogen-bond donors (Lipinski definition) is 1. The van der Waals surface area contributed by atoms with Crippen LogP contribution in [0.25, 0.3) is 5.70 Å². The van der Waals surface area contributed by atoms with E-state index in [9.17, 15) is 0 Å². The van der Waals surface area contributed by atoms with Gasteiger partial charge in [0.1, 0.15) is 5.75 Å². The van der Waals surface area contributed by atoms with E-state index in [0.717, 1.165) is 16.9 Å². The third kappa shape index (κ3) is 3.13. The largest absolute Gasteiger partial charge is 0.497 e. The summed E-state index contributed by atoms with van der Waals surface area (Å²) < 4.78 is 6.88. The standard InChI is InChI=1S/C14H14N4O/c1-19-13-4-2-11(3-5-13)9-18-10-12(8-17-18)14(16)6-7-15/h2-6,8,10H,9,16H2,1H3/b14-6-. The first-order chi connectivity index (χ1) is 9.22. The molecule has 0 atom stereocenters. The lowest BCUT2D eigenvalue weighted by Crippen LogP contribution is -2.00. The molecule has 0 amide bonds. The molecule has 1 heterocycles. The Balaban J connectivity index is 2.11. The number of ether oxygens (including phenoxy) is 1. The highest BCUT2D eigenvalue weighted by molar-refractivity contribution is 5.63. The van der Waals surface area contributed by atoms with Crippen LogP contribution >= 0.6 is 0 Å². The minimum absolute atomic E-state index is 0.420. The van der Waals surface area contributed by atoms with Crippen molar-refractivity contribution < 1.29 is 4.74 Å². The second-order valence-corrected chi connectivity index (χ2v) is 4.00. The fraction of sp³-hybridized carbons (Fsp3) is 0.143. The van der Waals surface area contributed by atoms with Crippen LogP contribution in [0.2, 0.25) is 0 Å². The number of benzene rings is 1. The predicted molar refractivity (Wildman–Crippen MR) is 72.1 cm³/mol. The van der Waals surface area contributed by atoms with Gasteiger partial charge in [0.15, 0.2) is 0 Å². The zero-order chi connectivity index (χ0) is 13.7. The molecule has 0 aliphatic carbocycles. The summed E-state index contributed by atoms with van der Waals surface area (Å²) in [5.74, 6) is 0.825. The van der Waals surface area contributed by atoms with Gasteiger partial charge >= 0.3 is 0 Å². The van der Waals surface area contributed by atoms with Crippen molar-refractivity contribution in [2.24, 2.45) is 5.73 Å². The molecular formula is C14H14N4O. The number of aromatic nitrogens is 2. The molecule has 0 aliphatic rings. The summed E-state index contributed by atoms with van der Waals surface area (Å²) in [5.41, 5.74) is 7.99. The zero-order valence-electron chi connectivity index (χ0n) is 10.6. The van der Waals surface area contributed by atoms with E-state index < -0.39 is 0 Å². The molecule has 2 N–H and O–H groups in total. The second kappa shape index (κ2) is 5.74. The van der Waals surface area contributed by atoms with Crippen molar-refractivity contribution in [3.8, 4) is 11.8 Å². The summed E-state index contributed by atoms with van der Waals surface area (Å²) in [6.07, 6.45) is 4.76. The third-order valence-corrected chi connectivity index (χ3v) is 2.69. The number of rotatable bonds is 4. The highest BCUT2D eigenvalue weighted by Gasteiger charge is 2.02. The van der Waals surface area contributed by atoms with E-state index in [1.807, 2.05) is 36.5 Å². The fourth-order valence-electron chi connectivity index (χ4n) is 1.67. The van der Waals surface area contributed by atoms with Gasteiger partial charge in [0.25, 0.3) is 0 Å². The lowest BCUT2D eigenvalue weighted by Gasteiger charge is -2.03. The van der Waals surface area contributed by atoms with E-state index >= 15 is 0 Å². The number of hydrogen-bond acceptors (Lipinski definition) is 4. The van der Waals surface area contributed by atoms with Crippen LogP contribution in [-0.2, 0) is 6.54 Å². The third-order valence-electron chi connectivity index (χ3n) is 2.69. The number of nitriles is 1. The molecule has 1 aromatic carbocycles. The molecule has 0 unspecified atom stereocenters. The maximum absolute atomic E-state index is 8.54. The topological polar surface area (TPSA) is 76.9 Å². The van der Waals surface area contributed by atoms with Crippen LogP contribution in [0.3, 0.4) is 0 Å². The molecule has 0 saturated heterocycles. The molecule has 2 rings (SSSR count). The van der Waals surface area contributed by atoms with Gasteiger partial charge < -0.3 is 10.5 Å². The first kappa shape index (κ1) is 12.7. The molecule has 96 valence electrons. The Kier molecular flexibility index (Phi) is 3.84. The van der Waals surface area contributed by atoms with E-state index in [4.69, 9.17) is 15.7 Å². The van der Waals surface area contributed by atoms with E-state index in [-0.39, 0.29) is 0 Å². The van der Waals surface area contributed by atoms with Crippen LogP contribution in [0.1, 0.15) is 11.1 Å². The summed E-state index contributed by atoms with van der Waals surface area (Å²) >= 11 is 0. The molecule has 5 nitrogen and oxygen atoms in total. The molecule has 0 saturated carbocycles. The first-order valence-corrected chi connectivity index (χ1v) is 5.74. The molecule has 1 aromatic heterocycles. The second-order valence-electron chi connectivity index (χ2n) is 4.00. The van der Waals surface area contributed by atoms with Gasteiger partial charge in [0, 0.05) is 17.8 Å². The smallest absolute Gasteiger partial charge is 0.118 e. The maximum Gasteiger partial charge on any atom is 0.118 e. The van der Waals surface area contributed by atoms with Crippen molar-refractivity contribution in [2.75, 3.05) is 7.11 Å². The molecule has 5 heteroatoms. The van der Waals surface area contributed by atoms with Gasteiger partial charge in [0.2, 0.25) is 0 Å². The molecule has 19 heavy (non-hydrogen) atoms. The van der Waals surface area contributed by atoms with Crippen molar-refractivity contribution >= 4 is 5.70 Å². The Labute approximate surface area is 111 Å². The van der Waals surface area contributed by atoms with E-state index in [1.54, 1.807) is 18.0 Å². The van der Waals surface area contributed by atoms with E-state index in [0.29, 0.717) is 12.2 Å². The minimum Gasteiger partial charge on any atom is -0.497 e. The molecular weight excluding hydrogens is 240 g/mol. The number of methoxy groups -OCH3 is 1. The SMILES string of the molecule is COc1ccc(Cn2cc(/C(N)=C/C#N)cn2)cc1. The predicted octanol–water partition coefficient (Wildman–Crippen LogP) is 1.76. The van der Waals surface area contributed by atoms with Crippen LogP contribution in [0.4, 0.5) is 0 Å². The van der Waals surface area contributed by atoms with Gasteiger partial charge in [-0.1, -0.05) is 12.1 Å². The van der Waals surface area contributed by atoms with Crippen LogP contribution in [-0.4, -0.2) is 16.9 Å². The Hall–Kier alpha value is -2.74. The highest BCUT2D eigenvalue weighted by Crippen LogP contribution is 2.13. The Bertz CT molecular complexity index is 620. The van der Waals surface area contributed by atoms with Gasteiger partial charge in [0.05, 0.1) is 31.6 Å².